The number of benzene rings is 7. The van der Waals surface area contributed by atoms with Crippen molar-refractivity contribution >= 4 is 55.7 Å². The van der Waals surface area contributed by atoms with Crippen molar-refractivity contribution in [3.05, 3.63) is 188 Å². The molecule has 0 bridgehead atoms. The van der Waals surface area contributed by atoms with Gasteiger partial charge in [0.1, 0.15) is 16.7 Å². The molecule has 10 rings (SSSR count). The van der Waals surface area contributed by atoms with Gasteiger partial charge in [-0.15, -0.1) is 0 Å². The molecular weight excluding hydrogens is 649 g/mol. The number of para-hydroxylation sites is 2. The van der Waals surface area contributed by atoms with Crippen LogP contribution in [0.25, 0.3) is 72.3 Å². The molecule has 0 spiro atoms. The first-order valence-corrected chi connectivity index (χ1v) is 18.1. The molecule has 0 atom stereocenters. The number of nitrogens with zero attached hydrogens (tertiary/aromatic N) is 2. The molecule has 0 aliphatic heterocycles. The lowest BCUT2D eigenvalue weighted by Crippen LogP contribution is -2.09. The number of rotatable bonds is 7. The first kappa shape index (κ1) is 30.9. The smallest absolute Gasteiger partial charge is 0.227 e. The number of oxazole rings is 1. The van der Waals surface area contributed by atoms with Crippen molar-refractivity contribution in [3.8, 4) is 33.7 Å². The van der Waals surface area contributed by atoms with Gasteiger partial charge in [0.15, 0.2) is 5.58 Å². The van der Waals surface area contributed by atoms with Gasteiger partial charge in [-0.3, -0.25) is 0 Å². The number of hydrogen-bond acceptors (Lipinski definition) is 4. The minimum atomic E-state index is 0.606. The summed E-state index contributed by atoms with van der Waals surface area (Å²) in [5, 5.41) is 2.07. The van der Waals surface area contributed by atoms with Crippen molar-refractivity contribution in [3.63, 3.8) is 0 Å². The van der Waals surface area contributed by atoms with Gasteiger partial charge in [-0.25, -0.2) is 4.98 Å². The number of anilines is 3. The summed E-state index contributed by atoms with van der Waals surface area (Å²) in [4.78, 5) is 7.10. The van der Waals surface area contributed by atoms with Gasteiger partial charge in [0.25, 0.3) is 0 Å². The van der Waals surface area contributed by atoms with Crippen molar-refractivity contribution < 1.29 is 8.83 Å². The zero-order chi connectivity index (χ0) is 35.1. The second-order valence-electron chi connectivity index (χ2n) is 13.5. The largest absolute Gasteiger partial charge is 0.455 e. The lowest BCUT2D eigenvalue weighted by molar-refractivity contribution is 0.617. The maximum Gasteiger partial charge on any atom is 0.227 e. The molecule has 2 aromatic heterocycles. The fourth-order valence-corrected chi connectivity index (χ4v) is 7.47. The van der Waals surface area contributed by atoms with Crippen molar-refractivity contribution in [1.82, 2.24) is 4.98 Å². The fourth-order valence-electron chi connectivity index (χ4n) is 7.47. The zero-order valence-corrected chi connectivity index (χ0v) is 28.9. The summed E-state index contributed by atoms with van der Waals surface area (Å²) >= 11 is 0. The van der Waals surface area contributed by atoms with Gasteiger partial charge >= 0.3 is 0 Å². The van der Waals surface area contributed by atoms with Gasteiger partial charge in [-0.1, -0.05) is 115 Å². The number of hydrogen-bond donors (Lipinski definition) is 0. The molecule has 0 saturated heterocycles. The van der Waals surface area contributed by atoms with Crippen LogP contribution in [-0.2, 0) is 0 Å². The fraction of sp³-hybridized carbons (Fsp3) is 0.0408. The summed E-state index contributed by atoms with van der Waals surface area (Å²) in [5.74, 6) is 0.606. The Morgan fingerprint density at radius 2 is 1.15 bits per heavy atom. The highest BCUT2D eigenvalue weighted by Crippen LogP contribution is 2.41. The van der Waals surface area contributed by atoms with Crippen LogP contribution >= 0.6 is 0 Å². The van der Waals surface area contributed by atoms with Gasteiger partial charge < -0.3 is 13.7 Å². The van der Waals surface area contributed by atoms with Gasteiger partial charge in [0, 0.05) is 45.0 Å². The Morgan fingerprint density at radius 1 is 0.472 bits per heavy atom. The monoisotopic (exact) mass is 682 g/mol. The Hall–Kier alpha value is -6.91. The van der Waals surface area contributed by atoms with Crippen LogP contribution < -0.4 is 4.90 Å². The van der Waals surface area contributed by atoms with E-state index in [4.69, 9.17) is 13.8 Å². The van der Waals surface area contributed by atoms with Crippen LogP contribution in [0.2, 0.25) is 0 Å². The van der Waals surface area contributed by atoms with E-state index < -0.39 is 0 Å². The standard InChI is InChI=1S/C49H34N2O2/c1-4-12-33(13-5-1)37-16-10-17-38(30-37)34-22-26-40(27-23-34)51(39-18-8-3-9-19-39)41-28-24-35(25-29-41)42-20-11-21-43-44-31-45-47(32-46(44)52-48(42)43)53-49(50-45)36-14-6-2-7-15-36/h2-4,6-32H,1,5H2. The number of furan rings is 1. The molecule has 0 saturated carbocycles. The maximum absolute atomic E-state index is 6.56. The minimum Gasteiger partial charge on any atom is -0.455 e. The van der Waals surface area contributed by atoms with Crippen LogP contribution in [0.4, 0.5) is 17.1 Å². The highest BCUT2D eigenvalue weighted by atomic mass is 16.4. The summed E-state index contributed by atoms with van der Waals surface area (Å²) in [5.41, 5.74) is 14.4. The quantitative estimate of drug-likeness (QED) is 0.168. The normalized spacial score (nSPS) is 12.8. The molecular formula is C49H34N2O2. The average molecular weight is 683 g/mol. The SMILES string of the molecule is C1=CC(c2cccc(-c3ccc(N(c4ccccc4)c4ccc(-c5cccc6c5oc5cc7oc(-c8ccccc8)nc7cc56)cc4)cc3)c2)=CCC1. The Bertz CT molecular complexity index is 2810. The van der Waals surface area contributed by atoms with E-state index in [0.717, 1.165) is 74.0 Å². The molecule has 4 heteroatoms. The summed E-state index contributed by atoms with van der Waals surface area (Å²) in [6.07, 6.45) is 9.05. The molecule has 252 valence electrons. The Labute approximate surface area is 307 Å². The average Bonchev–Trinajstić information content (AvgIpc) is 3.82. The number of allylic oxidation sites excluding steroid dienone is 4. The Balaban J connectivity index is 0.982. The third-order valence-electron chi connectivity index (χ3n) is 10.1. The van der Waals surface area contributed by atoms with Gasteiger partial charge in [0.2, 0.25) is 5.89 Å². The highest BCUT2D eigenvalue weighted by molar-refractivity contribution is 6.12. The first-order valence-electron chi connectivity index (χ1n) is 18.1. The second-order valence-corrected chi connectivity index (χ2v) is 13.5. The Kier molecular flexibility index (Phi) is 7.58. The molecule has 0 radical (unpaired) electrons. The van der Waals surface area contributed by atoms with E-state index in [9.17, 15) is 0 Å². The predicted octanol–water partition coefficient (Wildman–Crippen LogP) is 13.9. The van der Waals surface area contributed by atoms with E-state index in [2.05, 4.69) is 151 Å². The number of aromatic nitrogens is 1. The van der Waals surface area contributed by atoms with E-state index >= 15 is 0 Å². The van der Waals surface area contributed by atoms with Crippen LogP contribution in [0.1, 0.15) is 18.4 Å². The molecule has 0 unspecified atom stereocenters. The van der Waals surface area contributed by atoms with Crippen molar-refractivity contribution in [2.24, 2.45) is 0 Å². The molecule has 1 aliphatic carbocycles. The molecule has 4 nitrogen and oxygen atoms in total. The number of fused-ring (bicyclic) bond motifs is 4. The summed E-state index contributed by atoms with van der Waals surface area (Å²) < 4.78 is 12.7. The third-order valence-corrected chi connectivity index (χ3v) is 10.1. The molecule has 9 aromatic rings. The molecule has 0 amide bonds. The van der Waals surface area contributed by atoms with Crippen LogP contribution in [-0.4, -0.2) is 4.98 Å². The molecule has 7 aromatic carbocycles. The summed E-state index contributed by atoms with van der Waals surface area (Å²) in [6, 6.07) is 57.3. The first-order chi connectivity index (χ1) is 26.2. The summed E-state index contributed by atoms with van der Waals surface area (Å²) in [6.45, 7) is 0. The van der Waals surface area contributed by atoms with Crippen LogP contribution in [0.5, 0.6) is 0 Å². The van der Waals surface area contributed by atoms with Crippen LogP contribution in [0, 0.1) is 0 Å². The van der Waals surface area contributed by atoms with E-state index in [-0.39, 0.29) is 0 Å². The lowest BCUT2D eigenvalue weighted by Gasteiger charge is -2.26. The second kappa shape index (κ2) is 13.0. The highest BCUT2D eigenvalue weighted by Gasteiger charge is 2.18. The summed E-state index contributed by atoms with van der Waals surface area (Å²) in [7, 11) is 0. The Morgan fingerprint density at radius 3 is 1.91 bits per heavy atom. The van der Waals surface area contributed by atoms with E-state index in [1.165, 1.54) is 22.3 Å². The van der Waals surface area contributed by atoms with E-state index in [0.29, 0.717) is 11.5 Å². The van der Waals surface area contributed by atoms with E-state index in [1.807, 2.05) is 36.4 Å². The molecule has 0 fully saturated rings. The lowest BCUT2D eigenvalue weighted by atomic mass is 9.96. The van der Waals surface area contributed by atoms with E-state index in [1.54, 1.807) is 0 Å². The zero-order valence-electron chi connectivity index (χ0n) is 28.9. The molecule has 53 heavy (non-hydrogen) atoms. The van der Waals surface area contributed by atoms with Crippen molar-refractivity contribution in [2.45, 2.75) is 12.8 Å². The van der Waals surface area contributed by atoms with Crippen LogP contribution in [0.15, 0.2) is 191 Å². The minimum absolute atomic E-state index is 0.606. The van der Waals surface area contributed by atoms with Gasteiger partial charge in [0.05, 0.1) is 0 Å². The maximum atomic E-state index is 6.56. The third kappa shape index (κ3) is 5.71. The van der Waals surface area contributed by atoms with Gasteiger partial charge in [-0.05, 0) is 101 Å². The van der Waals surface area contributed by atoms with Crippen LogP contribution in [0.3, 0.4) is 0 Å². The predicted molar refractivity (Wildman–Crippen MR) is 219 cm³/mol. The van der Waals surface area contributed by atoms with Gasteiger partial charge in [-0.2, -0.15) is 0 Å². The topological polar surface area (TPSA) is 42.4 Å². The molecule has 2 heterocycles. The molecule has 0 N–H and O–H groups in total. The van der Waals surface area contributed by atoms with Crippen molar-refractivity contribution in [2.75, 3.05) is 4.90 Å². The van der Waals surface area contributed by atoms with Crippen molar-refractivity contribution in [1.29, 1.82) is 0 Å². The molecule has 1 aliphatic rings.